The number of halogens is 1. The van der Waals surface area contributed by atoms with Crippen LogP contribution in [0.2, 0.25) is 0 Å². The fourth-order valence-corrected chi connectivity index (χ4v) is 3.82. The number of benzene rings is 2. The topological polar surface area (TPSA) is 9.23 Å². The van der Waals surface area contributed by atoms with E-state index >= 15 is 0 Å². The van der Waals surface area contributed by atoms with Crippen LogP contribution in [0.1, 0.15) is 39.6 Å². The first kappa shape index (κ1) is 15.1. The van der Waals surface area contributed by atoms with E-state index < -0.39 is 0 Å². The molecule has 1 unspecified atom stereocenters. The summed E-state index contributed by atoms with van der Waals surface area (Å²) in [6.07, 6.45) is 0. The van der Waals surface area contributed by atoms with E-state index in [-0.39, 0.29) is 4.83 Å². The molecule has 0 fully saturated rings. The first-order valence-electron chi connectivity index (χ1n) is 6.98. The smallest absolute Gasteiger partial charge is 0.123 e. The number of alkyl halides is 1. The number of hydrogen-bond acceptors (Lipinski definition) is 1. The van der Waals surface area contributed by atoms with Crippen LogP contribution in [-0.2, 0) is 0 Å². The summed E-state index contributed by atoms with van der Waals surface area (Å²) >= 11 is 3.86. The zero-order valence-corrected chi connectivity index (χ0v) is 14.1. The molecule has 2 heteroatoms. The van der Waals surface area contributed by atoms with Crippen LogP contribution >= 0.6 is 15.9 Å². The summed E-state index contributed by atoms with van der Waals surface area (Å²) in [6.45, 7) is 9.19. The maximum Gasteiger partial charge on any atom is 0.123 e. The van der Waals surface area contributed by atoms with Gasteiger partial charge in [0.25, 0.3) is 0 Å². The minimum atomic E-state index is 0.158. The molecule has 0 aromatic heterocycles. The molecule has 2 aromatic carbocycles. The Morgan fingerprint density at radius 2 is 1.65 bits per heavy atom. The van der Waals surface area contributed by atoms with Gasteiger partial charge in [-0.25, -0.2) is 0 Å². The first-order valence-corrected chi connectivity index (χ1v) is 7.89. The summed E-state index contributed by atoms with van der Waals surface area (Å²) in [5.41, 5.74) is 6.46. The van der Waals surface area contributed by atoms with Gasteiger partial charge < -0.3 is 4.74 Å². The largest absolute Gasteiger partial charge is 0.494 e. The van der Waals surface area contributed by atoms with Crippen LogP contribution in [0.15, 0.2) is 36.4 Å². The molecule has 1 atom stereocenters. The third kappa shape index (κ3) is 3.06. The lowest BCUT2D eigenvalue weighted by molar-refractivity contribution is 0.337. The molecule has 0 N–H and O–H groups in total. The Morgan fingerprint density at radius 3 is 2.25 bits per heavy atom. The highest BCUT2D eigenvalue weighted by Gasteiger charge is 2.19. The third-order valence-corrected chi connectivity index (χ3v) is 4.43. The van der Waals surface area contributed by atoms with Crippen LogP contribution in [-0.4, -0.2) is 6.61 Å². The van der Waals surface area contributed by atoms with Crippen LogP contribution in [0.5, 0.6) is 5.75 Å². The second kappa shape index (κ2) is 6.45. The molecule has 106 valence electrons. The Kier molecular flexibility index (Phi) is 4.87. The highest BCUT2D eigenvalue weighted by Crippen LogP contribution is 2.39. The van der Waals surface area contributed by atoms with E-state index in [9.17, 15) is 0 Å². The molecule has 0 saturated carbocycles. The summed E-state index contributed by atoms with van der Waals surface area (Å²) in [4.78, 5) is 0.158. The SMILES string of the molecule is CCOc1ccccc1C(Br)c1c(C)cc(C)cc1C. The maximum atomic E-state index is 5.75. The fraction of sp³-hybridized carbons (Fsp3) is 0.333. The Balaban J connectivity index is 2.49. The van der Waals surface area contributed by atoms with Gasteiger partial charge in [0.05, 0.1) is 11.4 Å². The highest BCUT2D eigenvalue weighted by atomic mass is 79.9. The van der Waals surface area contributed by atoms with Gasteiger partial charge in [-0.05, 0) is 50.5 Å². The lowest BCUT2D eigenvalue weighted by Crippen LogP contribution is -2.03. The van der Waals surface area contributed by atoms with E-state index in [1.807, 2.05) is 19.1 Å². The molecule has 0 saturated heterocycles. The summed E-state index contributed by atoms with van der Waals surface area (Å²) in [7, 11) is 0. The van der Waals surface area contributed by atoms with Crippen molar-refractivity contribution in [1.82, 2.24) is 0 Å². The standard InChI is InChI=1S/C18H21BrO/c1-5-20-16-9-7-6-8-15(16)18(19)17-13(3)10-12(2)11-14(17)4/h6-11,18H,5H2,1-4H3. The van der Waals surface area contributed by atoms with E-state index in [0.29, 0.717) is 6.61 Å². The predicted octanol–water partition coefficient (Wildman–Crippen LogP) is 5.49. The first-order chi connectivity index (χ1) is 9.54. The maximum absolute atomic E-state index is 5.75. The quantitative estimate of drug-likeness (QED) is 0.672. The van der Waals surface area contributed by atoms with Gasteiger partial charge >= 0.3 is 0 Å². The van der Waals surface area contributed by atoms with Gasteiger partial charge in [0.1, 0.15) is 5.75 Å². The molecule has 20 heavy (non-hydrogen) atoms. The number of para-hydroxylation sites is 1. The summed E-state index contributed by atoms with van der Waals surface area (Å²) in [6, 6.07) is 12.7. The van der Waals surface area contributed by atoms with Gasteiger partial charge in [-0.15, -0.1) is 0 Å². The van der Waals surface area contributed by atoms with Crippen molar-refractivity contribution in [1.29, 1.82) is 0 Å². The molecule has 1 nitrogen and oxygen atoms in total. The normalized spacial score (nSPS) is 12.2. The molecule has 0 bridgehead atoms. The van der Waals surface area contributed by atoms with Gasteiger partial charge in [-0.3, -0.25) is 0 Å². The molecule has 0 aliphatic carbocycles. The molecule has 0 aliphatic heterocycles. The molecule has 0 radical (unpaired) electrons. The Hall–Kier alpha value is -1.28. The number of hydrogen-bond donors (Lipinski definition) is 0. The van der Waals surface area contributed by atoms with Gasteiger partial charge in [-0.2, -0.15) is 0 Å². The Morgan fingerprint density at radius 1 is 1.05 bits per heavy atom. The van der Waals surface area contributed by atoms with Gasteiger partial charge in [-0.1, -0.05) is 51.8 Å². The monoisotopic (exact) mass is 332 g/mol. The molecular formula is C18H21BrO. The van der Waals surface area contributed by atoms with Crippen LogP contribution in [0.4, 0.5) is 0 Å². The summed E-state index contributed by atoms with van der Waals surface area (Å²) in [5.74, 6) is 0.955. The minimum absolute atomic E-state index is 0.158. The number of rotatable bonds is 4. The summed E-state index contributed by atoms with van der Waals surface area (Å²) < 4.78 is 5.75. The van der Waals surface area contributed by atoms with Crippen LogP contribution in [0, 0.1) is 20.8 Å². The van der Waals surface area contributed by atoms with E-state index in [0.717, 1.165) is 5.75 Å². The van der Waals surface area contributed by atoms with E-state index in [1.165, 1.54) is 27.8 Å². The lowest BCUT2D eigenvalue weighted by Gasteiger charge is -2.20. The highest BCUT2D eigenvalue weighted by molar-refractivity contribution is 9.09. The Bertz CT molecular complexity index is 581. The minimum Gasteiger partial charge on any atom is -0.494 e. The van der Waals surface area contributed by atoms with Crippen LogP contribution in [0.25, 0.3) is 0 Å². The fourth-order valence-electron chi connectivity index (χ4n) is 2.72. The third-order valence-electron chi connectivity index (χ3n) is 3.48. The molecule has 2 aromatic rings. The molecular weight excluding hydrogens is 312 g/mol. The van der Waals surface area contributed by atoms with Gasteiger partial charge in [0.2, 0.25) is 0 Å². The molecule has 0 amide bonds. The molecule has 0 spiro atoms. The number of ether oxygens (including phenoxy) is 1. The van der Waals surface area contributed by atoms with Gasteiger partial charge in [0, 0.05) is 5.56 Å². The van der Waals surface area contributed by atoms with E-state index in [4.69, 9.17) is 4.74 Å². The zero-order valence-electron chi connectivity index (χ0n) is 12.5. The van der Waals surface area contributed by atoms with Crippen molar-refractivity contribution < 1.29 is 4.74 Å². The van der Waals surface area contributed by atoms with Crippen molar-refractivity contribution in [2.45, 2.75) is 32.5 Å². The molecule has 2 rings (SSSR count). The van der Waals surface area contributed by atoms with Crippen molar-refractivity contribution in [3.63, 3.8) is 0 Å². The van der Waals surface area contributed by atoms with Crippen molar-refractivity contribution in [2.75, 3.05) is 6.61 Å². The summed E-state index contributed by atoms with van der Waals surface area (Å²) in [5, 5.41) is 0. The van der Waals surface area contributed by atoms with E-state index in [2.05, 4.69) is 61.0 Å². The van der Waals surface area contributed by atoms with Crippen LogP contribution < -0.4 is 4.74 Å². The number of aryl methyl sites for hydroxylation is 3. The Labute approximate surface area is 130 Å². The van der Waals surface area contributed by atoms with E-state index in [1.54, 1.807) is 0 Å². The average molecular weight is 333 g/mol. The predicted molar refractivity (Wildman–Crippen MR) is 89.0 cm³/mol. The van der Waals surface area contributed by atoms with Gasteiger partial charge in [0.15, 0.2) is 0 Å². The van der Waals surface area contributed by atoms with Crippen molar-refractivity contribution in [3.05, 3.63) is 64.2 Å². The van der Waals surface area contributed by atoms with Crippen molar-refractivity contribution in [2.24, 2.45) is 0 Å². The molecule has 0 heterocycles. The second-order valence-corrected chi connectivity index (χ2v) is 6.06. The van der Waals surface area contributed by atoms with Crippen molar-refractivity contribution in [3.8, 4) is 5.75 Å². The zero-order chi connectivity index (χ0) is 14.7. The van der Waals surface area contributed by atoms with Crippen LogP contribution in [0.3, 0.4) is 0 Å². The lowest BCUT2D eigenvalue weighted by atomic mass is 9.94. The molecule has 0 aliphatic rings. The second-order valence-electron chi connectivity index (χ2n) is 5.15. The van der Waals surface area contributed by atoms with Crippen molar-refractivity contribution >= 4 is 15.9 Å². The average Bonchev–Trinajstić information content (AvgIpc) is 2.38.